The van der Waals surface area contributed by atoms with E-state index in [0.717, 1.165) is 70.0 Å². The second kappa shape index (κ2) is 46.2. The van der Waals surface area contributed by atoms with E-state index < -0.39 is 0 Å². The summed E-state index contributed by atoms with van der Waals surface area (Å²) in [5.74, 6) is 0.158. The third kappa shape index (κ3) is 43.7. The Kier molecular flexibility index (Phi) is 45.0. The molecule has 0 aliphatic heterocycles. The SMILES string of the molecule is CCCCCCCCC=CCCCCCCCC(=O)OC(=O)C(CCCCCCCCCCCCCCCC=O)CCCCCCCCCCCCCC(C)C. The maximum absolute atomic E-state index is 13.2. The number of ether oxygens (including phenoxy) is 1. The standard InChI is InChI=1S/C52H98O4/c1-4-5-6-7-8-9-10-11-12-16-22-27-32-37-42-47-51(54)56-52(55)50(46-41-36-31-26-21-18-19-24-29-34-39-44-49(2)3)45-40-35-30-25-20-15-13-14-17-23-28-33-38-43-48-53/h11-12,48-50H,4-10,13-47H2,1-3H3. The van der Waals surface area contributed by atoms with E-state index in [1.54, 1.807) is 0 Å². The lowest BCUT2D eigenvalue weighted by atomic mass is 9.94. The molecular formula is C52H98O4. The summed E-state index contributed by atoms with van der Waals surface area (Å²) in [5.41, 5.74) is 0. The molecule has 0 aromatic rings. The molecule has 1 unspecified atom stereocenters. The lowest BCUT2D eigenvalue weighted by Gasteiger charge is -2.15. The van der Waals surface area contributed by atoms with Crippen LogP contribution < -0.4 is 0 Å². The minimum atomic E-state index is -0.310. The largest absolute Gasteiger partial charge is 0.393 e. The van der Waals surface area contributed by atoms with Crippen LogP contribution >= 0.6 is 0 Å². The zero-order valence-electron chi connectivity index (χ0n) is 38.2. The number of esters is 2. The van der Waals surface area contributed by atoms with Crippen LogP contribution in [0.5, 0.6) is 0 Å². The van der Waals surface area contributed by atoms with Gasteiger partial charge in [0, 0.05) is 12.8 Å². The van der Waals surface area contributed by atoms with Crippen molar-refractivity contribution >= 4 is 18.2 Å². The molecule has 0 bridgehead atoms. The highest BCUT2D eigenvalue weighted by Gasteiger charge is 2.22. The first-order valence-corrected chi connectivity index (χ1v) is 25.3. The van der Waals surface area contributed by atoms with Gasteiger partial charge in [-0.15, -0.1) is 0 Å². The van der Waals surface area contributed by atoms with Crippen LogP contribution in [0.1, 0.15) is 290 Å². The average Bonchev–Trinajstić information content (AvgIpc) is 3.18. The second-order valence-corrected chi connectivity index (χ2v) is 18.0. The van der Waals surface area contributed by atoms with Gasteiger partial charge in [0.05, 0.1) is 5.92 Å². The molecule has 4 heteroatoms. The molecule has 0 fully saturated rings. The van der Waals surface area contributed by atoms with Crippen molar-refractivity contribution in [3.8, 4) is 0 Å². The summed E-state index contributed by atoms with van der Waals surface area (Å²) in [5, 5.41) is 0. The van der Waals surface area contributed by atoms with Gasteiger partial charge in [0.15, 0.2) is 0 Å². The third-order valence-corrected chi connectivity index (χ3v) is 11.9. The fraction of sp³-hybridized carbons (Fsp3) is 0.904. The highest BCUT2D eigenvalue weighted by Crippen LogP contribution is 2.22. The van der Waals surface area contributed by atoms with E-state index in [9.17, 15) is 14.4 Å². The number of hydrogen-bond donors (Lipinski definition) is 0. The quantitative estimate of drug-likeness (QED) is 0.0203. The molecule has 0 rings (SSSR count). The van der Waals surface area contributed by atoms with Crippen LogP contribution in [0.2, 0.25) is 0 Å². The Hall–Kier alpha value is -1.45. The highest BCUT2D eigenvalue weighted by molar-refractivity contribution is 5.86. The lowest BCUT2D eigenvalue weighted by Crippen LogP contribution is -2.21. The number of aldehydes is 1. The molecule has 56 heavy (non-hydrogen) atoms. The van der Waals surface area contributed by atoms with Gasteiger partial charge < -0.3 is 9.53 Å². The molecule has 0 radical (unpaired) electrons. The van der Waals surface area contributed by atoms with Crippen LogP contribution in [-0.4, -0.2) is 18.2 Å². The van der Waals surface area contributed by atoms with Crippen molar-refractivity contribution in [1.29, 1.82) is 0 Å². The molecule has 0 saturated carbocycles. The molecule has 0 spiro atoms. The van der Waals surface area contributed by atoms with Crippen molar-refractivity contribution in [2.24, 2.45) is 11.8 Å². The van der Waals surface area contributed by atoms with Gasteiger partial charge in [-0.2, -0.15) is 0 Å². The van der Waals surface area contributed by atoms with Crippen LogP contribution in [0.3, 0.4) is 0 Å². The summed E-state index contributed by atoms with van der Waals surface area (Å²) >= 11 is 0. The third-order valence-electron chi connectivity index (χ3n) is 11.9. The molecule has 0 aromatic carbocycles. The first-order chi connectivity index (χ1) is 27.5. The number of hydrogen-bond acceptors (Lipinski definition) is 4. The molecule has 1 atom stereocenters. The molecule has 0 heterocycles. The summed E-state index contributed by atoms with van der Waals surface area (Å²) in [7, 11) is 0. The van der Waals surface area contributed by atoms with E-state index >= 15 is 0 Å². The van der Waals surface area contributed by atoms with Gasteiger partial charge in [0.2, 0.25) is 0 Å². The molecule has 330 valence electrons. The van der Waals surface area contributed by atoms with Crippen LogP contribution in [0, 0.1) is 11.8 Å². The number of unbranched alkanes of at least 4 members (excludes halogenated alkanes) is 34. The number of allylic oxidation sites excluding steroid dienone is 2. The average molecular weight is 787 g/mol. The van der Waals surface area contributed by atoms with E-state index in [2.05, 4.69) is 32.9 Å². The fourth-order valence-corrected chi connectivity index (χ4v) is 8.06. The van der Waals surface area contributed by atoms with Crippen LogP contribution in [0.25, 0.3) is 0 Å². The molecule has 0 saturated heterocycles. The Morgan fingerprint density at radius 1 is 0.411 bits per heavy atom. The predicted octanol–water partition coefficient (Wildman–Crippen LogP) is 17.5. The van der Waals surface area contributed by atoms with Gasteiger partial charge in [-0.1, -0.05) is 238 Å². The van der Waals surface area contributed by atoms with E-state index in [1.807, 2.05) is 0 Å². The lowest BCUT2D eigenvalue weighted by molar-refractivity contribution is -0.163. The van der Waals surface area contributed by atoms with Crippen molar-refractivity contribution in [1.82, 2.24) is 0 Å². The minimum absolute atomic E-state index is 0.123. The van der Waals surface area contributed by atoms with Gasteiger partial charge in [0.1, 0.15) is 6.29 Å². The Morgan fingerprint density at radius 3 is 1.11 bits per heavy atom. The van der Waals surface area contributed by atoms with Crippen LogP contribution in [0.4, 0.5) is 0 Å². The highest BCUT2D eigenvalue weighted by atomic mass is 16.6. The summed E-state index contributed by atoms with van der Waals surface area (Å²) in [6.45, 7) is 6.92. The van der Waals surface area contributed by atoms with E-state index in [4.69, 9.17) is 4.74 Å². The molecule has 0 aromatic heterocycles. The monoisotopic (exact) mass is 787 g/mol. The Morgan fingerprint density at radius 2 is 0.732 bits per heavy atom. The van der Waals surface area contributed by atoms with Crippen molar-refractivity contribution in [2.45, 2.75) is 290 Å². The number of carbonyl (C=O) groups is 3. The Bertz CT molecular complexity index is 848. The van der Waals surface area contributed by atoms with E-state index in [0.29, 0.717) is 6.42 Å². The normalized spacial score (nSPS) is 12.2. The maximum Gasteiger partial charge on any atom is 0.316 e. The molecule has 4 nitrogen and oxygen atoms in total. The van der Waals surface area contributed by atoms with Gasteiger partial charge >= 0.3 is 11.9 Å². The summed E-state index contributed by atoms with van der Waals surface area (Å²) in [6.07, 6.45) is 56.7. The van der Waals surface area contributed by atoms with Gasteiger partial charge in [0.25, 0.3) is 0 Å². The zero-order valence-corrected chi connectivity index (χ0v) is 38.2. The van der Waals surface area contributed by atoms with Crippen molar-refractivity contribution in [3.05, 3.63) is 12.2 Å². The van der Waals surface area contributed by atoms with Crippen LogP contribution in [-0.2, 0) is 19.1 Å². The smallest absolute Gasteiger partial charge is 0.316 e. The number of rotatable bonds is 46. The van der Waals surface area contributed by atoms with Gasteiger partial charge in [-0.3, -0.25) is 9.59 Å². The van der Waals surface area contributed by atoms with E-state index in [1.165, 1.54) is 205 Å². The van der Waals surface area contributed by atoms with Gasteiger partial charge in [-0.05, 0) is 57.3 Å². The van der Waals surface area contributed by atoms with E-state index in [-0.39, 0.29) is 17.9 Å². The molecule has 0 N–H and O–H groups in total. The minimum Gasteiger partial charge on any atom is -0.393 e. The second-order valence-electron chi connectivity index (χ2n) is 18.0. The molecule has 0 amide bonds. The summed E-state index contributed by atoms with van der Waals surface area (Å²) in [6, 6.07) is 0. The van der Waals surface area contributed by atoms with Crippen molar-refractivity contribution < 1.29 is 19.1 Å². The fourth-order valence-electron chi connectivity index (χ4n) is 8.06. The topological polar surface area (TPSA) is 60.4 Å². The van der Waals surface area contributed by atoms with Crippen molar-refractivity contribution in [3.63, 3.8) is 0 Å². The summed E-state index contributed by atoms with van der Waals surface area (Å²) in [4.78, 5) is 36.2. The molecule has 0 aliphatic rings. The Balaban J connectivity index is 4.23. The first kappa shape index (κ1) is 54.6. The van der Waals surface area contributed by atoms with Crippen LogP contribution in [0.15, 0.2) is 12.2 Å². The predicted molar refractivity (Wildman–Crippen MR) is 244 cm³/mol. The summed E-state index contributed by atoms with van der Waals surface area (Å²) < 4.78 is 5.47. The zero-order chi connectivity index (χ0) is 40.8. The maximum atomic E-state index is 13.2. The molecular weight excluding hydrogens is 689 g/mol. The Labute approximate surface area is 350 Å². The molecule has 0 aliphatic carbocycles. The first-order valence-electron chi connectivity index (χ1n) is 25.3. The van der Waals surface area contributed by atoms with Crippen molar-refractivity contribution in [2.75, 3.05) is 0 Å². The number of carbonyl (C=O) groups excluding carboxylic acids is 3. The van der Waals surface area contributed by atoms with Gasteiger partial charge in [-0.25, -0.2) is 0 Å².